The number of thioether (sulfide) groups is 1. The number of rotatable bonds is 16. The van der Waals surface area contributed by atoms with Gasteiger partial charge in [0.15, 0.2) is 0 Å². The molecule has 158 valence electrons. The van der Waals surface area contributed by atoms with Crippen LogP contribution >= 0.6 is 11.8 Å². The summed E-state index contributed by atoms with van der Waals surface area (Å²) in [5.74, 6) is 8.49. The van der Waals surface area contributed by atoms with Crippen molar-refractivity contribution in [2.75, 3.05) is 11.5 Å². The number of terminal acetylenes is 1. The predicted octanol–water partition coefficient (Wildman–Crippen LogP) is 6.95. The van der Waals surface area contributed by atoms with E-state index in [2.05, 4.69) is 29.8 Å². The van der Waals surface area contributed by atoms with E-state index in [1.165, 1.54) is 75.7 Å². The number of allylic oxidation sites excluding steroid dienone is 2. The highest BCUT2D eigenvalue weighted by atomic mass is 32.2. The molecule has 0 radical (unpaired) electrons. The molecule has 28 heavy (non-hydrogen) atoms. The van der Waals surface area contributed by atoms with Gasteiger partial charge in [0.1, 0.15) is 0 Å². The fraction of sp³-hybridized carbons (Fsp3) is 0.800. The maximum atomic E-state index is 10.6. The van der Waals surface area contributed by atoms with Crippen molar-refractivity contribution in [3.63, 3.8) is 0 Å². The van der Waals surface area contributed by atoms with Gasteiger partial charge < -0.3 is 5.11 Å². The first-order valence-electron chi connectivity index (χ1n) is 11.6. The van der Waals surface area contributed by atoms with Gasteiger partial charge in [-0.15, -0.1) is 12.3 Å². The lowest BCUT2D eigenvalue weighted by molar-refractivity contribution is -0.137. The second-order valence-electron chi connectivity index (χ2n) is 8.78. The summed E-state index contributed by atoms with van der Waals surface area (Å²) in [5.41, 5.74) is 0. The van der Waals surface area contributed by atoms with Crippen molar-refractivity contribution in [3.05, 3.63) is 12.2 Å². The fourth-order valence-electron chi connectivity index (χ4n) is 5.38. The fourth-order valence-corrected chi connectivity index (χ4v) is 6.40. The largest absolute Gasteiger partial charge is 0.481 e. The van der Waals surface area contributed by atoms with Gasteiger partial charge in [0.25, 0.3) is 0 Å². The highest BCUT2D eigenvalue weighted by molar-refractivity contribution is 7.99. The molecule has 2 rings (SSSR count). The Morgan fingerprint density at radius 1 is 1.00 bits per heavy atom. The van der Waals surface area contributed by atoms with Crippen LogP contribution in [0.5, 0.6) is 0 Å². The van der Waals surface area contributed by atoms with Crippen molar-refractivity contribution >= 4 is 17.7 Å². The summed E-state index contributed by atoms with van der Waals surface area (Å²) < 4.78 is 0. The number of carbonyl (C=O) groups is 1. The average Bonchev–Trinajstić information content (AvgIpc) is 3.28. The molecule has 2 saturated carbocycles. The molecule has 0 aromatic carbocycles. The van der Waals surface area contributed by atoms with E-state index in [4.69, 9.17) is 11.5 Å². The lowest BCUT2D eigenvalue weighted by Gasteiger charge is -2.30. The van der Waals surface area contributed by atoms with Crippen LogP contribution in [0.25, 0.3) is 0 Å². The molecule has 3 heteroatoms. The Balaban J connectivity index is 1.55. The van der Waals surface area contributed by atoms with E-state index < -0.39 is 5.97 Å². The quantitative estimate of drug-likeness (QED) is 0.172. The minimum Gasteiger partial charge on any atom is -0.481 e. The molecule has 2 nitrogen and oxygen atoms in total. The highest BCUT2D eigenvalue weighted by Crippen LogP contribution is 2.55. The number of hydrogen-bond acceptors (Lipinski definition) is 2. The number of carboxylic acid groups (broad SMARTS) is 1. The molecule has 2 aliphatic carbocycles. The van der Waals surface area contributed by atoms with E-state index in [1.807, 2.05) is 0 Å². The van der Waals surface area contributed by atoms with Crippen molar-refractivity contribution < 1.29 is 9.90 Å². The first-order chi connectivity index (χ1) is 13.7. The Kier molecular flexibility index (Phi) is 11.8. The third-order valence-corrected chi connectivity index (χ3v) is 7.95. The van der Waals surface area contributed by atoms with Crippen LogP contribution in [0.4, 0.5) is 0 Å². The summed E-state index contributed by atoms with van der Waals surface area (Å²) in [6, 6.07) is 0. The predicted molar refractivity (Wildman–Crippen MR) is 122 cm³/mol. The van der Waals surface area contributed by atoms with Gasteiger partial charge in [-0.1, -0.05) is 25.0 Å². The Morgan fingerprint density at radius 2 is 1.75 bits per heavy atom. The van der Waals surface area contributed by atoms with Crippen LogP contribution in [0.2, 0.25) is 0 Å². The summed E-state index contributed by atoms with van der Waals surface area (Å²) >= 11 is 2.13. The maximum Gasteiger partial charge on any atom is 0.303 e. The molecule has 0 spiro atoms. The minimum atomic E-state index is -0.677. The topological polar surface area (TPSA) is 37.3 Å². The minimum absolute atomic E-state index is 0.296. The lowest BCUT2D eigenvalue weighted by Crippen LogP contribution is -2.22. The summed E-state index contributed by atoms with van der Waals surface area (Å²) in [5, 5.41) is 8.71. The SMILES string of the molecule is C#CCCCCCSCCCC[C@@H]1[C@@H]2CC[C@@H](C2)[C@@H]1CC=CCCCC(=O)O. The second-order valence-corrected chi connectivity index (χ2v) is 10.0. The molecule has 0 saturated heterocycles. The Morgan fingerprint density at radius 3 is 2.50 bits per heavy atom. The number of unbranched alkanes of at least 4 members (excludes halogenated alkanes) is 5. The van der Waals surface area contributed by atoms with Crippen LogP contribution in [-0.2, 0) is 4.79 Å². The summed E-state index contributed by atoms with van der Waals surface area (Å²) in [6.07, 6.45) is 26.4. The van der Waals surface area contributed by atoms with E-state index in [0.717, 1.165) is 42.9 Å². The molecule has 0 amide bonds. The summed E-state index contributed by atoms with van der Waals surface area (Å²) in [6.45, 7) is 0. The standard InChI is InChI=1S/C25H40O2S/c1-2-3-4-7-11-18-28-19-12-10-14-24-22-17-16-21(20-22)23(24)13-8-5-6-9-15-25(26)27/h1,5,8,21-24H,3-4,6-7,9-20H2,(H,26,27)/t21-,22+,23-,24+/m0/s1. The molecule has 1 N–H and O–H groups in total. The van der Waals surface area contributed by atoms with Gasteiger partial charge >= 0.3 is 5.97 Å². The normalized spacial score (nSPS) is 26.1. The molecular weight excluding hydrogens is 364 g/mol. The number of hydrogen-bond donors (Lipinski definition) is 1. The van der Waals surface area contributed by atoms with Gasteiger partial charge in [0.2, 0.25) is 0 Å². The average molecular weight is 405 g/mol. The van der Waals surface area contributed by atoms with Crippen LogP contribution in [0.1, 0.15) is 89.9 Å². The van der Waals surface area contributed by atoms with Crippen LogP contribution in [0.15, 0.2) is 12.2 Å². The highest BCUT2D eigenvalue weighted by Gasteiger charge is 2.45. The van der Waals surface area contributed by atoms with E-state index >= 15 is 0 Å². The van der Waals surface area contributed by atoms with E-state index in [9.17, 15) is 4.79 Å². The summed E-state index contributed by atoms with van der Waals surface area (Å²) in [4.78, 5) is 10.6. The van der Waals surface area contributed by atoms with Crippen LogP contribution in [-0.4, -0.2) is 22.6 Å². The van der Waals surface area contributed by atoms with Crippen molar-refractivity contribution in [3.8, 4) is 12.3 Å². The molecule has 0 unspecified atom stereocenters. The number of aliphatic carboxylic acids is 1. The smallest absolute Gasteiger partial charge is 0.303 e. The van der Waals surface area contributed by atoms with Gasteiger partial charge in [0.05, 0.1) is 0 Å². The Labute approximate surface area is 177 Å². The zero-order valence-electron chi connectivity index (χ0n) is 17.6. The molecule has 0 aromatic heterocycles. The van der Waals surface area contributed by atoms with Crippen LogP contribution < -0.4 is 0 Å². The van der Waals surface area contributed by atoms with Crippen LogP contribution in [0, 0.1) is 36.0 Å². The van der Waals surface area contributed by atoms with Crippen LogP contribution in [0.3, 0.4) is 0 Å². The third-order valence-electron chi connectivity index (χ3n) is 6.80. The van der Waals surface area contributed by atoms with Crippen molar-refractivity contribution in [1.29, 1.82) is 0 Å². The zero-order valence-corrected chi connectivity index (χ0v) is 18.4. The van der Waals surface area contributed by atoms with Crippen molar-refractivity contribution in [1.82, 2.24) is 0 Å². The van der Waals surface area contributed by atoms with Gasteiger partial charge in [-0.25, -0.2) is 0 Å². The first kappa shape index (κ1) is 23.4. The van der Waals surface area contributed by atoms with E-state index in [1.54, 1.807) is 0 Å². The van der Waals surface area contributed by atoms with E-state index in [-0.39, 0.29) is 0 Å². The molecule has 2 aliphatic rings. The Hall–Kier alpha value is -0.880. The summed E-state index contributed by atoms with van der Waals surface area (Å²) in [7, 11) is 0. The van der Waals surface area contributed by atoms with Crippen molar-refractivity contribution in [2.45, 2.75) is 89.9 Å². The molecule has 0 aliphatic heterocycles. The van der Waals surface area contributed by atoms with Gasteiger partial charge in [0, 0.05) is 12.8 Å². The number of fused-ring (bicyclic) bond motifs is 2. The molecule has 0 heterocycles. The van der Waals surface area contributed by atoms with Gasteiger partial charge in [-0.3, -0.25) is 4.79 Å². The monoisotopic (exact) mass is 404 g/mol. The van der Waals surface area contributed by atoms with E-state index in [0.29, 0.717) is 6.42 Å². The van der Waals surface area contributed by atoms with Gasteiger partial charge in [-0.05, 0) is 99.4 Å². The zero-order chi connectivity index (χ0) is 20.0. The maximum absolute atomic E-state index is 10.6. The molecule has 0 aromatic rings. The number of carboxylic acids is 1. The third kappa shape index (κ3) is 8.64. The molecule has 2 bridgehead atoms. The molecular formula is C25H40O2S. The molecule has 4 atom stereocenters. The van der Waals surface area contributed by atoms with Crippen molar-refractivity contribution in [2.24, 2.45) is 23.7 Å². The lowest BCUT2D eigenvalue weighted by atomic mass is 9.75. The van der Waals surface area contributed by atoms with Gasteiger partial charge in [-0.2, -0.15) is 11.8 Å². The Bertz CT molecular complexity index is 507. The molecule has 2 fully saturated rings. The second kappa shape index (κ2) is 14.2. The first-order valence-corrected chi connectivity index (χ1v) is 12.8.